The number of thiophene rings is 1. The summed E-state index contributed by atoms with van der Waals surface area (Å²) in [6.45, 7) is 0.159. The minimum Gasteiger partial charge on any atom is -0.356 e. The fourth-order valence-electron chi connectivity index (χ4n) is 2.42. The van der Waals surface area contributed by atoms with Gasteiger partial charge in [0.2, 0.25) is 11.8 Å². The van der Waals surface area contributed by atoms with Crippen molar-refractivity contribution in [2.75, 3.05) is 32.1 Å². The predicted molar refractivity (Wildman–Crippen MR) is 100 cm³/mol. The molecule has 1 fully saturated rings. The third kappa shape index (κ3) is 5.57. The summed E-state index contributed by atoms with van der Waals surface area (Å²) >= 11 is 18.2. The molecule has 26 heavy (non-hydrogen) atoms. The number of ketones is 1. The lowest BCUT2D eigenvalue weighted by molar-refractivity contribution is -0.134. The molecule has 0 bridgehead atoms. The fourth-order valence-corrected chi connectivity index (χ4v) is 3.87. The van der Waals surface area contributed by atoms with E-state index in [2.05, 4.69) is 10.6 Å². The van der Waals surface area contributed by atoms with Crippen LogP contribution in [0.25, 0.3) is 0 Å². The first kappa shape index (κ1) is 21.0. The molecule has 0 radical (unpaired) electrons. The molecule has 1 atom stereocenters. The summed E-state index contributed by atoms with van der Waals surface area (Å²) in [4.78, 5) is 49.3. The number of nitrogens with one attached hydrogen (secondary N) is 2. The van der Waals surface area contributed by atoms with Crippen molar-refractivity contribution >= 4 is 69.6 Å². The van der Waals surface area contributed by atoms with E-state index < -0.39 is 11.8 Å². The molecule has 2 heterocycles. The second-order valence-electron chi connectivity index (χ2n) is 5.64. The second-order valence-corrected chi connectivity index (χ2v) is 7.97. The van der Waals surface area contributed by atoms with Crippen molar-refractivity contribution in [1.82, 2.24) is 15.5 Å². The minimum atomic E-state index is -0.484. The Labute approximate surface area is 168 Å². The molecule has 0 spiro atoms. The van der Waals surface area contributed by atoms with Crippen LogP contribution in [0.15, 0.2) is 6.07 Å². The Balaban J connectivity index is 1.88. The first-order chi connectivity index (χ1) is 12.3. The van der Waals surface area contributed by atoms with E-state index in [0.29, 0.717) is 13.0 Å². The number of hydrogen-bond donors (Lipinski definition) is 2. The summed E-state index contributed by atoms with van der Waals surface area (Å²) in [5, 5.41) is 5.40. The van der Waals surface area contributed by atoms with Crippen LogP contribution in [0.4, 0.5) is 0 Å². The van der Waals surface area contributed by atoms with Crippen molar-refractivity contribution in [3.63, 3.8) is 0 Å². The van der Waals surface area contributed by atoms with Crippen LogP contribution in [0.1, 0.15) is 16.1 Å². The smallest absolute Gasteiger partial charge is 0.261 e. The average molecular weight is 441 g/mol. The molecule has 1 aromatic rings. The van der Waals surface area contributed by atoms with Crippen LogP contribution in [-0.4, -0.2) is 60.5 Å². The number of carbonyl (C=O) groups is 4. The highest BCUT2D eigenvalue weighted by molar-refractivity contribution is 7.18. The normalized spacial score (nSPS) is 16.3. The number of hydrogen-bond acceptors (Lipinski definition) is 5. The second kappa shape index (κ2) is 9.55. The van der Waals surface area contributed by atoms with Gasteiger partial charge in [-0.25, -0.2) is 0 Å². The molecule has 7 nitrogen and oxygen atoms in total. The third-order valence-corrected chi connectivity index (χ3v) is 5.85. The van der Waals surface area contributed by atoms with E-state index in [4.69, 9.17) is 34.8 Å². The van der Waals surface area contributed by atoms with Gasteiger partial charge >= 0.3 is 0 Å². The Bertz CT molecular complexity index is 705. The van der Waals surface area contributed by atoms with Crippen molar-refractivity contribution in [2.24, 2.45) is 5.92 Å². The van der Waals surface area contributed by atoms with Crippen LogP contribution in [0.3, 0.4) is 0 Å². The van der Waals surface area contributed by atoms with Crippen molar-refractivity contribution in [3.8, 4) is 0 Å². The molecule has 1 aliphatic heterocycles. The van der Waals surface area contributed by atoms with Crippen molar-refractivity contribution in [3.05, 3.63) is 20.3 Å². The number of halogens is 3. The monoisotopic (exact) mass is 439 g/mol. The summed E-state index contributed by atoms with van der Waals surface area (Å²) in [6.07, 6.45) is 0.593. The van der Waals surface area contributed by atoms with Gasteiger partial charge < -0.3 is 15.5 Å². The predicted octanol–water partition coefficient (Wildman–Crippen LogP) is 1.56. The zero-order valence-electron chi connectivity index (χ0n) is 13.5. The maximum atomic E-state index is 12.1. The van der Waals surface area contributed by atoms with E-state index in [9.17, 15) is 19.2 Å². The van der Waals surface area contributed by atoms with Crippen molar-refractivity contribution in [1.29, 1.82) is 0 Å². The number of alkyl halides is 1. The summed E-state index contributed by atoms with van der Waals surface area (Å²) < 4.78 is 0.289. The first-order valence-corrected chi connectivity index (χ1v) is 9.78. The van der Waals surface area contributed by atoms with Crippen LogP contribution >= 0.6 is 46.1 Å². The Kier molecular flexibility index (Phi) is 7.69. The SMILES string of the molecule is O=C(CNC(=O)c1cc(Cl)c(Cl)s1)CN(C[C@@H]1CCNC1=O)C(=O)CCl. The molecule has 3 amide bonds. The lowest BCUT2D eigenvalue weighted by atomic mass is 10.1. The van der Waals surface area contributed by atoms with Gasteiger partial charge in [-0.3, -0.25) is 19.2 Å². The Hall–Kier alpha value is -1.35. The van der Waals surface area contributed by atoms with Gasteiger partial charge in [-0.1, -0.05) is 23.2 Å². The van der Waals surface area contributed by atoms with Gasteiger partial charge in [0.15, 0.2) is 5.78 Å². The van der Waals surface area contributed by atoms with E-state index in [-0.39, 0.29) is 57.4 Å². The van der Waals surface area contributed by atoms with Gasteiger partial charge in [0.1, 0.15) is 10.2 Å². The molecule has 142 valence electrons. The molecule has 0 saturated carbocycles. The topological polar surface area (TPSA) is 95.6 Å². The minimum absolute atomic E-state index is 0.118. The number of rotatable bonds is 8. The number of nitrogens with zero attached hydrogens (tertiary/aromatic N) is 1. The average Bonchev–Trinajstić information content (AvgIpc) is 3.17. The summed E-state index contributed by atoms with van der Waals surface area (Å²) in [7, 11) is 0. The standard InChI is InChI=1S/C15H16Cl3N3O4S/c16-4-12(23)21(6-8-1-2-19-14(8)24)7-9(22)5-20-15(25)11-3-10(17)13(18)26-11/h3,8H,1-2,4-7H2,(H,19,24)(H,20,25)/t8-/m0/s1. The van der Waals surface area contributed by atoms with Gasteiger partial charge in [-0.05, 0) is 12.5 Å². The molecule has 1 aliphatic rings. The van der Waals surface area contributed by atoms with Gasteiger partial charge in [0.05, 0.1) is 28.9 Å². The van der Waals surface area contributed by atoms with Crippen LogP contribution in [0, 0.1) is 5.92 Å². The van der Waals surface area contributed by atoms with Crippen LogP contribution in [0.2, 0.25) is 9.36 Å². The van der Waals surface area contributed by atoms with Gasteiger partial charge in [-0.15, -0.1) is 22.9 Å². The Morgan fingerprint density at radius 1 is 1.35 bits per heavy atom. The zero-order valence-corrected chi connectivity index (χ0v) is 16.6. The highest BCUT2D eigenvalue weighted by Gasteiger charge is 2.29. The van der Waals surface area contributed by atoms with Crippen molar-refractivity contribution in [2.45, 2.75) is 6.42 Å². The molecular weight excluding hydrogens is 425 g/mol. The first-order valence-electron chi connectivity index (χ1n) is 7.68. The lowest BCUT2D eigenvalue weighted by Crippen LogP contribution is -2.43. The van der Waals surface area contributed by atoms with Gasteiger partial charge in [0.25, 0.3) is 5.91 Å². The van der Waals surface area contributed by atoms with Crippen LogP contribution in [0.5, 0.6) is 0 Å². The highest BCUT2D eigenvalue weighted by atomic mass is 35.5. The van der Waals surface area contributed by atoms with E-state index in [1.165, 1.54) is 11.0 Å². The molecular formula is C15H16Cl3N3O4S. The molecule has 2 N–H and O–H groups in total. The number of carbonyl (C=O) groups excluding carboxylic acids is 4. The summed E-state index contributed by atoms with van der Waals surface area (Å²) in [6, 6.07) is 1.41. The largest absolute Gasteiger partial charge is 0.356 e. The quantitative estimate of drug-likeness (QED) is 0.600. The Morgan fingerprint density at radius 2 is 2.08 bits per heavy atom. The maximum absolute atomic E-state index is 12.1. The zero-order chi connectivity index (χ0) is 19.3. The molecule has 1 aromatic heterocycles. The molecule has 0 unspecified atom stereocenters. The fraction of sp³-hybridized carbons (Fsp3) is 0.467. The third-order valence-electron chi connectivity index (χ3n) is 3.75. The van der Waals surface area contributed by atoms with Crippen LogP contribution in [-0.2, 0) is 14.4 Å². The van der Waals surface area contributed by atoms with E-state index in [1.54, 1.807) is 0 Å². The Morgan fingerprint density at radius 3 is 2.62 bits per heavy atom. The van der Waals surface area contributed by atoms with Gasteiger partial charge in [-0.2, -0.15) is 0 Å². The van der Waals surface area contributed by atoms with Gasteiger partial charge in [0, 0.05) is 13.1 Å². The number of amides is 3. The van der Waals surface area contributed by atoms with E-state index >= 15 is 0 Å². The van der Waals surface area contributed by atoms with E-state index in [1.807, 2.05) is 0 Å². The number of Topliss-reactive ketones (excluding diaryl/α,β-unsaturated/α-hetero) is 1. The van der Waals surface area contributed by atoms with Crippen LogP contribution < -0.4 is 10.6 Å². The van der Waals surface area contributed by atoms with E-state index in [0.717, 1.165) is 11.3 Å². The lowest BCUT2D eigenvalue weighted by Gasteiger charge is -2.23. The summed E-state index contributed by atoms with van der Waals surface area (Å²) in [5.41, 5.74) is 0. The van der Waals surface area contributed by atoms with Crippen molar-refractivity contribution < 1.29 is 19.2 Å². The maximum Gasteiger partial charge on any atom is 0.261 e. The molecule has 2 rings (SSSR count). The molecule has 11 heteroatoms. The highest BCUT2D eigenvalue weighted by Crippen LogP contribution is 2.31. The summed E-state index contributed by atoms with van der Waals surface area (Å²) in [5.74, 6) is -2.11. The molecule has 1 saturated heterocycles. The molecule has 0 aliphatic carbocycles. The molecule has 0 aromatic carbocycles.